The summed E-state index contributed by atoms with van der Waals surface area (Å²) in [6.07, 6.45) is 0. The third-order valence-electron chi connectivity index (χ3n) is 3.62. The second-order valence-electron chi connectivity index (χ2n) is 6.37. The summed E-state index contributed by atoms with van der Waals surface area (Å²) in [6.45, 7) is 7.96. The minimum absolute atomic E-state index is 0.0216. The van der Waals surface area contributed by atoms with Gasteiger partial charge >= 0.3 is 0 Å². The Hall–Kier alpha value is -1.59. The van der Waals surface area contributed by atoms with Crippen LogP contribution in [0.25, 0.3) is 10.8 Å². The molecule has 0 saturated carbocycles. The van der Waals surface area contributed by atoms with Crippen LogP contribution in [0.5, 0.6) is 0 Å². The maximum absolute atomic E-state index is 12.7. The number of anilines is 1. The van der Waals surface area contributed by atoms with Gasteiger partial charge in [0.15, 0.2) is 0 Å². The SMILES string of the molecule is CCN(C(=O)C(C)(C)C)c1cccc2c(S(=O)(=O)Cl)cccc12. The molecule has 0 aliphatic rings. The van der Waals surface area contributed by atoms with E-state index in [1.807, 2.05) is 33.8 Å². The van der Waals surface area contributed by atoms with Crippen molar-refractivity contribution in [3.8, 4) is 0 Å². The average Bonchev–Trinajstić information content (AvgIpc) is 2.45. The van der Waals surface area contributed by atoms with Crippen LogP contribution in [-0.4, -0.2) is 20.9 Å². The fraction of sp³-hybridized carbons (Fsp3) is 0.353. The van der Waals surface area contributed by atoms with Gasteiger partial charge in [-0.05, 0) is 19.1 Å². The summed E-state index contributed by atoms with van der Waals surface area (Å²) in [5.74, 6) is -0.0216. The van der Waals surface area contributed by atoms with Gasteiger partial charge in [0.2, 0.25) is 5.91 Å². The lowest BCUT2D eigenvalue weighted by Gasteiger charge is -2.29. The van der Waals surface area contributed by atoms with Crippen molar-refractivity contribution in [1.82, 2.24) is 0 Å². The van der Waals surface area contributed by atoms with E-state index < -0.39 is 14.5 Å². The van der Waals surface area contributed by atoms with Crippen LogP contribution in [0.4, 0.5) is 5.69 Å². The predicted molar refractivity (Wildman–Crippen MR) is 94.5 cm³/mol. The van der Waals surface area contributed by atoms with Gasteiger partial charge in [-0.1, -0.05) is 45.0 Å². The number of hydrogen-bond acceptors (Lipinski definition) is 3. The van der Waals surface area contributed by atoms with Crippen molar-refractivity contribution in [2.75, 3.05) is 11.4 Å². The van der Waals surface area contributed by atoms with Gasteiger partial charge < -0.3 is 4.90 Å². The summed E-state index contributed by atoms with van der Waals surface area (Å²) in [7, 11) is 1.67. The van der Waals surface area contributed by atoms with Gasteiger partial charge in [0, 0.05) is 33.4 Å². The lowest BCUT2D eigenvalue weighted by Crippen LogP contribution is -2.39. The molecule has 0 bridgehead atoms. The molecule has 2 aromatic rings. The van der Waals surface area contributed by atoms with Crippen LogP contribution in [0.2, 0.25) is 0 Å². The largest absolute Gasteiger partial charge is 0.312 e. The van der Waals surface area contributed by atoms with Gasteiger partial charge in [-0.2, -0.15) is 0 Å². The van der Waals surface area contributed by atoms with E-state index in [0.29, 0.717) is 23.0 Å². The summed E-state index contributed by atoms with van der Waals surface area (Å²) in [5.41, 5.74) is 0.154. The van der Waals surface area contributed by atoms with Crippen LogP contribution in [0.3, 0.4) is 0 Å². The van der Waals surface area contributed by atoms with E-state index in [0.717, 1.165) is 0 Å². The third-order valence-corrected chi connectivity index (χ3v) is 5.00. The first kappa shape index (κ1) is 17.8. The molecule has 2 rings (SSSR count). The lowest BCUT2D eigenvalue weighted by molar-refractivity contribution is -0.125. The molecule has 0 aromatic heterocycles. The van der Waals surface area contributed by atoms with Gasteiger partial charge in [-0.3, -0.25) is 4.79 Å². The molecule has 2 aromatic carbocycles. The second-order valence-corrected chi connectivity index (χ2v) is 8.90. The van der Waals surface area contributed by atoms with Gasteiger partial charge in [0.25, 0.3) is 9.05 Å². The molecule has 0 spiro atoms. The molecule has 124 valence electrons. The number of carbonyl (C=O) groups excluding carboxylic acids is 1. The Balaban J connectivity index is 2.74. The Labute approximate surface area is 141 Å². The maximum Gasteiger partial charge on any atom is 0.261 e. The smallest absolute Gasteiger partial charge is 0.261 e. The number of hydrogen-bond donors (Lipinski definition) is 0. The molecular formula is C17H20ClNO3S. The number of carbonyl (C=O) groups is 1. The molecule has 6 heteroatoms. The zero-order chi connectivity index (χ0) is 17.4. The maximum atomic E-state index is 12.7. The van der Waals surface area contributed by atoms with E-state index in [1.54, 1.807) is 29.2 Å². The topological polar surface area (TPSA) is 54.5 Å². The zero-order valence-electron chi connectivity index (χ0n) is 13.6. The normalized spacial score (nSPS) is 12.4. The molecule has 0 aliphatic carbocycles. The van der Waals surface area contributed by atoms with E-state index in [2.05, 4.69) is 0 Å². The monoisotopic (exact) mass is 353 g/mol. The Morgan fingerprint density at radius 2 is 1.65 bits per heavy atom. The van der Waals surface area contributed by atoms with Crippen molar-refractivity contribution >= 4 is 42.1 Å². The molecule has 0 aliphatic heterocycles. The van der Waals surface area contributed by atoms with Gasteiger partial charge in [-0.25, -0.2) is 8.42 Å². The van der Waals surface area contributed by atoms with E-state index in [-0.39, 0.29) is 10.8 Å². The number of fused-ring (bicyclic) bond motifs is 1. The first-order valence-electron chi connectivity index (χ1n) is 7.35. The third kappa shape index (κ3) is 3.51. The van der Waals surface area contributed by atoms with E-state index in [1.165, 1.54) is 6.07 Å². The summed E-state index contributed by atoms with van der Waals surface area (Å²) in [5, 5.41) is 1.20. The standard InChI is InChI=1S/C17H20ClNO3S/c1-5-19(16(20)17(2,3)4)14-10-6-9-13-12(14)8-7-11-15(13)23(18,21)22/h6-11H,5H2,1-4H3. The molecule has 23 heavy (non-hydrogen) atoms. The average molecular weight is 354 g/mol. The number of nitrogens with zero attached hydrogens (tertiary/aromatic N) is 1. The van der Waals surface area contributed by atoms with Gasteiger partial charge in [0.1, 0.15) is 0 Å². The van der Waals surface area contributed by atoms with Gasteiger partial charge in [0.05, 0.1) is 10.6 Å². The van der Waals surface area contributed by atoms with Crippen molar-refractivity contribution in [1.29, 1.82) is 0 Å². The highest BCUT2D eigenvalue weighted by Gasteiger charge is 2.28. The van der Waals surface area contributed by atoms with Crippen molar-refractivity contribution in [3.05, 3.63) is 36.4 Å². The molecule has 0 heterocycles. The Bertz CT molecular complexity index is 854. The molecule has 0 unspecified atom stereocenters. The van der Waals surface area contributed by atoms with Gasteiger partial charge in [-0.15, -0.1) is 0 Å². The Morgan fingerprint density at radius 1 is 1.09 bits per heavy atom. The second kappa shape index (κ2) is 6.13. The van der Waals surface area contributed by atoms with Crippen molar-refractivity contribution in [3.63, 3.8) is 0 Å². The minimum atomic E-state index is -3.86. The molecule has 0 saturated heterocycles. The minimum Gasteiger partial charge on any atom is -0.312 e. The first-order valence-corrected chi connectivity index (χ1v) is 9.66. The van der Waals surface area contributed by atoms with Crippen molar-refractivity contribution in [2.24, 2.45) is 5.41 Å². The van der Waals surface area contributed by atoms with Crippen LogP contribution < -0.4 is 4.90 Å². The molecule has 0 atom stereocenters. The molecule has 0 N–H and O–H groups in total. The quantitative estimate of drug-likeness (QED) is 0.778. The van der Waals surface area contributed by atoms with E-state index >= 15 is 0 Å². The van der Waals surface area contributed by atoms with Crippen LogP contribution in [0.1, 0.15) is 27.7 Å². The summed E-state index contributed by atoms with van der Waals surface area (Å²) in [6, 6.07) is 10.2. The summed E-state index contributed by atoms with van der Waals surface area (Å²) in [4.78, 5) is 14.4. The molecule has 1 amide bonds. The first-order chi connectivity index (χ1) is 10.6. The fourth-order valence-electron chi connectivity index (χ4n) is 2.54. The fourth-order valence-corrected chi connectivity index (χ4v) is 3.63. The predicted octanol–water partition coefficient (Wildman–Crippen LogP) is 4.17. The van der Waals surface area contributed by atoms with Crippen LogP contribution in [0, 0.1) is 5.41 Å². The van der Waals surface area contributed by atoms with Crippen LogP contribution >= 0.6 is 10.7 Å². The molecule has 0 fully saturated rings. The van der Waals surface area contributed by atoms with Crippen molar-refractivity contribution in [2.45, 2.75) is 32.6 Å². The number of halogens is 1. The molecule has 0 radical (unpaired) electrons. The Kier molecular flexibility index (Phi) is 4.74. The highest BCUT2D eigenvalue weighted by Crippen LogP contribution is 2.34. The summed E-state index contributed by atoms with van der Waals surface area (Å²) < 4.78 is 23.6. The summed E-state index contributed by atoms with van der Waals surface area (Å²) >= 11 is 0. The van der Waals surface area contributed by atoms with Crippen LogP contribution in [-0.2, 0) is 13.8 Å². The van der Waals surface area contributed by atoms with Crippen molar-refractivity contribution < 1.29 is 13.2 Å². The Morgan fingerprint density at radius 3 is 2.17 bits per heavy atom. The van der Waals surface area contributed by atoms with E-state index in [9.17, 15) is 13.2 Å². The highest BCUT2D eigenvalue weighted by atomic mass is 35.7. The zero-order valence-corrected chi connectivity index (χ0v) is 15.2. The number of benzene rings is 2. The highest BCUT2D eigenvalue weighted by molar-refractivity contribution is 8.14. The number of rotatable bonds is 3. The lowest BCUT2D eigenvalue weighted by atomic mass is 9.94. The number of amides is 1. The van der Waals surface area contributed by atoms with Crippen LogP contribution in [0.15, 0.2) is 41.3 Å². The molecular weight excluding hydrogens is 334 g/mol. The van der Waals surface area contributed by atoms with E-state index in [4.69, 9.17) is 10.7 Å². The molecule has 4 nitrogen and oxygen atoms in total.